The lowest BCUT2D eigenvalue weighted by molar-refractivity contribution is -0.199. The first-order chi connectivity index (χ1) is 54.1. The predicted octanol–water partition coefficient (Wildman–Crippen LogP) is 10.1. The van der Waals surface area contributed by atoms with Crippen LogP contribution in [0.3, 0.4) is 0 Å². The number of thioether (sulfide) groups is 3. The Labute approximate surface area is 662 Å². The van der Waals surface area contributed by atoms with Gasteiger partial charge in [0.2, 0.25) is 11.8 Å². The highest BCUT2D eigenvalue weighted by Crippen LogP contribution is 2.47. The molecule has 0 bridgehead atoms. The number of carbonyl (C=O) groups excluding carboxylic acids is 11. The molecule has 596 valence electrons. The van der Waals surface area contributed by atoms with Crippen molar-refractivity contribution in [2.75, 3.05) is 37.1 Å². The summed E-state index contributed by atoms with van der Waals surface area (Å²) in [5.74, 6) is -9.46. The number of rotatable bonds is 33. The number of fused-ring (bicyclic) bond motifs is 9. The van der Waals surface area contributed by atoms with Crippen LogP contribution in [0.1, 0.15) is 143 Å². The standard InChI is InChI=1S/C30H33N3O11S.C26H26N2O7S.C22H23NO5S.C2H3N/c1-16(34)45-12-6-11-22(27(39)31-23(13-25(35)36)28(40)32-24(29(41)42)14-26(37)38)33-30(43)44-15-21-19-9-4-2-7-17(19)18-8-3-5-10-20(18)21;1-16(29)36-14-6-11-22(25(32)35-28-23(30)12-13-24(28)31)27-26(33)34-15-21-19-9-4-2-7-17(19)18-8-3-5-10-20(18)21;1-14(24)29-12-6-11-20(21(25)26)23-22(27)28-13-19-17-9-4-2-7-15(17)16-8-3-5-10-18(16)19;1-2-3/h2-5,7-10,21-24H,6,11-15H2,1H3,(H,31,39)(H,32,40)(H,33,43)(H,35,36)(H,37,38)(H,41,42);2-5,7-10,21-22H,6,11-15H2,1H3,(H,27,33);2-5,7-10,19-20H,6,11-13H2,1H3,(H,23,27)(H,25,26);1H3. The lowest BCUT2D eigenvalue weighted by Crippen LogP contribution is -2.56. The highest BCUT2D eigenvalue weighted by molar-refractivity contribution is 8.14. The van der Waals surface area contributed by atoms with Crippen LogP contribution in [0, 0.1) is 11.3 Å². The van der Waals surface area contributed by atoms with Crippen LogP contribution in [0.5, 0.6) is 0 Å². The summed E-state index contributed by atoms with van der Waals surface area (Å²) in [6.45, 7) is 5.84. The summed E-state index contributed by atoms with van der Waals surface area (Å²) in [5, 5.41) is 55.8. The molecule has 1 saturated heterocycles. The number of carbonyl (C=O) groups is 15. The lowest BCUT2D eigenvalue weighted by Gasteiger charge is -2.23. The minimum absolute atomic E-state index is 0.0126. The molecular formula is C80H85N7O23S3. The normalized spacial score (nSPS) is 13.8. The van der Waals surface area contributed by atoms with Gasteiger partial charge in [-0.2, -0.15) is 5.26 Å². The molecule has 0 aromatic heterocycles. The third-order valence-corrected chi connectivity index (χ3v) is 20.5. The molecular weight excluding hydrogens is 1520 g/mol. The van der Waals surface area contributed by atoms with Gasteiger partial charge in [-0.15, -0.1) is 5.06 Å². The molecule has 4 aliphatic rings. The van der Waals surface area contributed by atoms with E-state index in [9.17, 15) is 87.2 Å². The van der Waals surface area contributed by atoms with Gasteiger partial charge in [0.15, 0.2) is 15.3 Å². The minimum Gasteiger partial charge on any atom is -0.481 e. The van der Waals surface area contributed by atoms with Gasteiger partial charge < -0.3 is 66.1 Å². The molecule has 1 aliphatic heterocycles. The van der Waals surface area contributed by atoms with Crippen molar-refractivity contribution in [3.63, 3.8) is 0 Å². The summed E-state index contributed by atoms with van der Waals surface area (Å²) >= 11 is 3.24. The van der Waals surface area contributed by atoms with E-state index in [1.165, 1.54) is 27.7 Å². The maximum absolute atomic E-state index is 13.2. The van der Waals surface area contributed by atoms with Crippen molar-refractivity contribution in [2.24, 2.45) is 0 Å². The molecule has 1 heterocycles. The molecule has 1 fully saturated rings. The average Bonchev–Trinajstić information content (AvgIpc) is 1.63. The first-order valence-corrected chi connectivity index (χ1v) is 38.7. The second-order valence-electron chi connectivity index (χ2n) is 25.7. The predicted molar refractivity (Wildman–Crippen MR) is 415 cm³/mol. The van der Waals surface area contributed by atoms with Crippen molar-refractivity contribution < 1.29 is 111 Å². The Morgan fingerprint density at radius 2 is 0.681 bits per heavy atom. The van der Waals surface area contributed by atoms with Crippen LogP contribution in [-0.2, 0) is 76.6 Å². The summed E-state index contributed by atoms with van der Waals surface area (Å²) in [6.07, 6.45) is -3.02. The van der Waals surface area contributed by atoms with Gasteiger partial charge in [-0.1, -0.05) is 181 Å². The zero-order chi connectivity index (χ0) is 82.3. The van der Waals surface area contributed by atoms with Crippen molar-refractivity contribution in [2.45, 2.75) is 140 Å². The molecule has 0 spiro atoms. The van der Waals surface area contributed by atoms with Gasteiger partial charge in [-0.3, -0.25) is 43.2 Å². The Kier molecular flexibility index (Phi) is 34.6. The Morgan fingerprint density at radius 1 is 0.416 bits per heavy atom. The molecule has 0 radical (unpaired) electrons. The first-order valence-electron chi connectivity index (χ1n) is 35.7. The quantitative estimate of drug-likeness (QED) is 0.0105. The number of hydroxylamine groups is 2. The van der Waals surface area contributed by atoms with Crippen LogP contribution < -0.4 is 26.6 Å². The number of nitrogens with one attached hydrogen (secondary N) is 5. The van der Waals surface area contributed by atoms with Crippen LogP contribution in [0.2, 0.25) is 0 Å². The average molecular weight is 1610 g/mol. The number of nitrogens with zero attached hydrogens (tertiary/aromatic N) is 2. The van der Waals surface area contributed by atoms with Gasteiger partial charge in [0.25, 0.3) is 11.8 Å². The van der Waals surface area contributed by atoms with Crippen molar-refractivity contribution in [1.82, 2.24) is 31.6 Å². The fourth-order valence-electron chi connectivity index (χ4n) is 12.7. The Morgan fingerprint density at radius 3 is 0.991 bits per heavy atom. The third-order valence-electron chi connectivity index (χ3n) is 17.8. The monoisotopic (exact) mass is 1610 g/mol. The maximum atomic E-state index is 13.2. The number of amides is 7. The molecule has 6 aromatic rings. The van der Waals surface area contributed by atoms with E-state index >= 15 is 0 Å². The van der Waals surface area contributed by atoms with Gasteiger partial charge >= 0.3 is 48.1 Å². The molecule has 6 aromatic carbocycles. The number of alkyl carbamates (subject to hydrolysis) is 3. The molecule has 5 atom stereocenters. The third kappa shape index (κ3) is 26.4. The number of imide groups is 1. The molecule has 9 N–H and O–H groups in total. The SMILES string of the molecule is CC#N.CC(=O)SCCCC(NC(=O)OCC1c2ccccc2-c2ccccc21)C(=O)NC(CC(=O)O)C(=O)NC(CC(=O)O)C(=O)O.CC(=O)SCCCC(NC(=O)OCC1c2ccccc2-c2ccccc21)C(=O)O.CC(=O)SCCCC(NC(=O)OCC1c2ccccc2-c2ccccc21)C(=O)ON1C(=O)CCC1=O. The van der Waals surface area contributed by atoms with Crippen LogP contribution >= 0.6 is 35.3 Å². The number of hydrogen-bond acceptors (Lipinski definition) is 23. The van der Waals surface area contributed by atoms with E-state index < -0.39 is 115 Å². The van der Waals surface area contributed by atoms with E-state index in [1.54, 1.807) is 6.07 Å². The number of carboxylic acid groups (broad SMARTS) is 4. The second kappa shape index (κ2) is 44.2. The molecule has 33 heteroatoms. The van der Waals surface area contributed by atoms with Crippen LogP contribution in [-0.4, -0.2) is 180 Å². The number of hydrogen-bond donors (Lipinski definition) is 9. The summed E-state index contributed by atoms with van der Waals surface area (Å²) in [7, 11) is 0. The van der Waals surface area contributed by atoms with E-state index in [2.05, 4.69) is 21.3 Å². The van der Waals surface area contributed by atoms with Crippen molar-refractivity contribution in [1.29, 1.82) is 5.26 Å². The maximum Gasteiger partial charge on any atom is 0.407 e. The van der Waals surface area contributed by atoms with Crippen LogP contribution in [0.4, 0.5) is 14.4 Å². The zero-order valence-electron chi connectivity index (χ0n) is 62.0. The van der Waals surface area contributed by atoms with Gasteiger partial charge in [-0.05, 0) is 105 Å². The van der Waals surface area contributed by atoms with Gasteiger partial charge in [0, 0.05) is 75.5 Å². The van der Waals surface area contributed by atoms with E-state index in [1.807, 2.05) is 151 Å². The number of aliphatic carboxylic acids is 4. The van der Waals surface area contributed by atoms with E-state index in [-0.39, 0.29) is 91.4 Å². The number of benzene rings is 6. The number of ether oxygens (including phenoxy) is 3. The fraction of sp³-hybridized carbons (Fsp3) is 0.350. The smallest absolute Gasteiger partial charge is 0.407 e. The van der Waals surface area contributed by atoms with Gasteiger partial charge in [-0.25, -0.2) is 28.8 Å². The minimum atomic E-state index is -1.89. The van der Waals surface area contributed by atoms with Crippen LogP contribution in [0.25, 0.3) is 33.4 Å². The molecule has 30 nitrogen and oxygen atoms in total. The first kappa shape index (κ1) is 88.3. The van der Waals surface area contributed by atoms with Crippen molar-refractivity contribution in [3.8, 4) is 39.4 Å². The Balaban J connectivity index is 0.000000236. The van der Waals surface area contributed by atoms with E-state index in [0.29, 0.717) is 35.2 Å². The Hall–Kier alpha value is -11.9. The number of carboxylic acids is 4. The summed E-state index contributed by atoms with van der Waals surface area (Å²) in [5.41, 5.74) is 12.7. The molecule has 5 unspecified atom stereocenters. The highest BCUT2D eigenvalue weighted by Gasteiger charge is 2.38. The molecule has 0 saturated carbocycles. The fourth-order valence-corrected chi connectivity index (χ4v) is 14.5. The van der Waals surface area contributed by atoms with Gasteiger partial charge in [0.1, 0.15) is 50.0 Å². The largest absolute Gasteiger partial charge is 0.481 e. The molecule has 7 amide bonds. The highest BCUT2D eigenvalue weighted by atomic mass is 32.2. The number of nitriles is 1. The summed E-state index contributed by atoms with van der Waals surface area (Å²) in [4.78, 5) is 184. The second-order valence-corrected chi connectivity index (χ2v) is 29.5. The van der Waals surface area contributed by atoms with Crippen molar-refractivity contribution >= 4 is 122 Å². The van der Waals surface area contributed by atoms with Crippen molar-refractivity contribution in [3.05, 3.63) is 179 Å². The molecule has 10 rings (SSSR count). The zero-order valence-corrected chi connectivity index (χ0v) is 64.4. The van der Waals surface area contributed by atoms with Crippen LogP contribution in [0.15, 0.2) is 146 Å². The lowest BCUT2D eigenvalue weighted by atomic mass is 9.98. The summed E-state index contributed by atoms with van der Waals surface area (Å²) in [6, 6.07) is 41.8. The van der Waals surface area contributed by atoms with E-state index in [4.69, 9.17) is 29.4 Å². The molecule has 3 aliphatic carbocycles. The summed E-state index contributed by atoms with van der Waals surface area (Å²) < 4.78 is 16.4. The van der Waals surface area contributed by atoms with E-state index in [0.717, 1.165) is 102 Å². The van der Waals surface area contributed by atoms with Gasteiger partial charge in [0.05, 0.1) is 18.9 Å². The molecule has 113 heavy (non-hydrogen) atoms. The topological polar surface area (TPSA) is 461 Å². The Bertz CT molecular complexity index is 4400.